The second-order valence-corrected chi connectivity index (χ2v) is 6.59. The van der Waals surface area contributed by atoms with Crippen molar-refractivity contribution in [2.75, 3.05) is 12.3 Å². The van der Waals surface area contributed by atoms with Crippen LogP contribution in [0.2, 0.25) is 0 Å². The number of nitrogens with zero attached hydrogens (tertiary/aromatic N) is 2. The summed E-state index contributed by atoms with van der Waals surface area (Å²) < 4.78 is 0. The van der Waals surface area contributed by atoms with Crippen LogP contribution in [0.15, 0.2) is 18.3 Å². The Kier molecular flexibility index (Phi) is 4.59. The highest BCUT2D eigenvalue weighted by Gasteiger charge is 2.25. The molecule has 18 heavy (non-hydrogen) atoms. The molecule has 1 aliphatic rings. The molecule has 0 spiro atoms. The van der Waals surface area contributed by atoms with Gasteiger partial charge in [0.2, 0.25) is 0 Å². The van der Waals surface area contributed by atoms with Gasteiger partial charge in [0.25, 0.3) is 0 Å². The minimum atomic E-state index is 0.387. The number of thioether (sulfide) groups is 1. The highest BCUT2D eigenvalue weighted by atomic mass is 32.2. The van der Waals surface area contributed by atoms with E-state index in [1.165, 1.54) is 5.75 Å². The van der Waals surface area contributed by atoms with Gasteiger partial charge in [0.05, 0.1) is 0 Å². The number of thiocarbonyl (C=S) groups is 1. The molecule has 0 aliphatic carbocycles. The molecule has 1 fully saturated rings. The van der Waals surface area contributed by atoms with Crippen LogP contribution in [0.25, 0.3) is 0 Å². The fourth-order valence-corrected chi connectivity index (χ4v) is 3.57. The van der Waals surface area contributed by atoms with Gasteiger partial charge in [-0.25, -0.2) is 0 Å². The first-order valence-corrected chi connectivity index (χ1v) is 7.64. The molecule has 1 saturated heterocycles. The summed E-state index contributed by atoms with van der Waals surface area (Å²) in [6, 6.07) is 4.59. The van der Waals surface area contributed by atoms with Gasteiger partial charge in [0.1, 0.15) is 10.7 Å². The van der Waals surface area contributed by atoms with E-state index >= 15 is 0 Å². The molecule has 2 atom stereocenters. The molecule has 1 aliphatic heterocycles. The number of hydrogen-bond acceptors (Lipinski definition) is 4. The van der Waals surface area contributed by atoms with Crippen LogP contribution in [-0.2, 0) is 6.54 Å². The van der Waals surface area contributed by atoms with E-state index < -0.39 is 0 Å². The second-order valence-electron chi connectivity index (χ2n) is 4.66. The van der Waals surface area contributed by atoms with Crippen LogP contribution in [0, 0.1) is 0 Å². The predicted octanol–water partition coefficient (Wildman–Crippen LogP) is 2.04. The maximum absolute atomic E-state index is 5.73. The molecule has 1 aromatic rings. The van der Waals surface area contributed by atoms with Crippen molar-refractivity contribution in [3.63, 3.8) is 0 Å². The van der Waals surface area contributed by atoms with Crippen molar-refractivity contribution in [2.24, 2.45) is 5.73 Å². The Morgan fingerprint density at radius 1 is 1.61 bits per heavy atom. The number of pyridine rings is 1. The van der Waals surface area contributed by atoms with Crippen molar-refractivity contribution >= 4 is 29.0 Å². The highest BCUT2D eigenvalue weighted by molar-refractivity contribution is 8.00. The third-order valence-corrected chi connectivity index (χ3v) is 5.04. The van der Waals surface area contributed by atoms with Gasteiger partial charge in [-0.2, -0.15) is 11.8 Å². The maximum atomic E-state index is 5.73. The fourth-order valence-electron chi connectivity index (χ4n) is 2.23. The van der Waals surface area contributed by atoms with Crippen molar-refractivity contribution in [2.45, 2.75) is 31.7 Å². The molecule has 3 nitrogen and oxygen atoms in total. The summed E-state index contributed by atoms with van der Waals surface area (Å²) in [7, 11) is 0. The average molecular weight is 281 g/mol. The molecular formula is C13H19N3S2. The minimum Gasteiger partial charge on any atom is -0.388 e. The Balaban J connectivity index is 2.16. The first-order valence-electron chi connectivity index (χ1n) is 6.19. The summed E-state index contributed by atoms with van der Waals surface area (Å²) in [5.74, 6) is 1.19. The summed E-state index contributed by atoms with van der Waals surface area (Å²) >= 11 is 7.11. The average Bonchev–Trinajstić information content (AvgIpc) is 2.35. The molecule has 98 valence electrons. The third kappa shape index (κ3) is 3.02. The molecule has 0 radical (unpaired) electrons. The van der Waals surface area contributed by atoms with E-state index in [-0.39, 0.29) is 0 Å². The molecular weight excluding hydrogens is 262 g/mol. The Morgan fingerprint density at radius 3 is 3.11 bits per heavy atom. The molecule has 2 heterocycles. The minimum absolute atomic E-state index is 0.387. The van der Waals surface area contributed by atoms with E-state index in [0.29, 0.717) is 16.3 Å². The van der Waals surface area contributed by atoms with Gasteiger partial charge < -0.3 is 5.73 Å². The first-order chi connectivity index (χ1) is 8.59. The molecule has 0 bridgehead atoms. The molecule has 1 aromatic heterocycles. The molecule has 0 aromatic carbocycles. The number of aromatic nitrogens is 1. The van der Waals surface area contributed by atoms with E-state index in [9.17, 15) is 0 Å². The van der Waals surface area contributed by atoms with Crippen molar-refractivity contribution < 1.29 is 0 Å². The lowest BCUT2D eigenvalue weighted by Crippen LogP contribution is -2.44. The zero-order chi connectivity index (χ0) is 13.1. The normalized spacial score (nSPS) is 25.0. The van der Waals surface area contributed by atoms with Crippen LogP contribution >= 0.6 is 24.0 Å². The first kappa shape index (κ1) is 13.8. The molecule has 0 saturated carbocycles. The lowest BCUT2D eigenvalue weighted by Gasteiger charge is -2.37. The summed E-state index contributed by atoms with van der Waals surface area (Å²) in [5.41, 5.74) is 7.63. The molecule has 2 unspecified atom stereocenters. The summed E-state index contributed by atoms with van der Waals surface area (Å²) in [5, 5.41) is 0.670. The van der Waals surface area contributed by atoms with Crippen LogP contribution in [0.1, 0.15) is 25.1 Å². The van der Waals surface area contributed by atoms with Gasteiger partial charge >= 0.3 is 0 Å². The molecule has 2 rings (SSSR count). The van der Waals surface area contributed by atoms with E-state index in [4.69, 9.17) is 18.0 Å². The highest BCUT2D eigenvalue weighted by Crippen LogP contribution is 2.25. The van der Waals surface area contributed by atoms with Crippen molar-refractivity contribution in [1.29, 1.82) is 0 Å². The van der Waals surface area contributed by atoms with Crippen molar-refractivity contribution in [3.05, 3.63) is 29.6 Å². The van der Waals surface area contributed by atoms with Crippen LogP contribution in [0.5, 0.6) is 0 Å². The van der Waals surface area contributed by atoms with Crippen LogP contribution in [0.4, 0.5) is 0 Å². The van der Waals surface area contributed by atoms with Crippen LogP contribution < -0.4 is 5.73 Å². The van der Waals surface area contributed by atoms with Crippen LogP contribution in [0.3, 0.4) is 0 Å². The monoisotopic (exact) mass is 281 g/mol. The number of hydrogen-bond donors (Lipinski definition) is 1. The zero-order valence-electron chi connectivity index (χ0n) is 10.8. The summed E-state index contributed by atoms with van der Waals surface area (Å²) in [6.07, 6.45) is 1.75. The van der Waals surface area contributed by atoms with Gasteiger partial charge in [-0.3, -0.25) is 9.88 Å². The third-order valence-electron chi connectivity index (χ3n) is 3.51. The number of nitrogens with two attached hydrogens (primary N) is 1. The smallest absolute Gasteiger partial charge is 0.123 e. The molecule has 5 heteroatoms. The lowest BCUT2D eigenvalue weighted by molar-refractivity contribution is 0.204. The van der Waals surface area contributed by atoms with Crippen LogP contribution in [-0.4, -0.2) is 38.5 Å². The van der Waals surface area contributed by atoms with Crippen molar-refractivity contribution in [3.8, 4) is 0 Å². The Hall–Kier alpha value is -0.650. The summed E-state index contributed by atoms with van der Waals surface area (Å²) in [4.78, 5) is 7.16. The quantitative estimate of drug-likeness (QED) is 0.859. The lowest BCUT2D eigenvalue weighted by atomic mass is 10.1. The zero-order valence-corrected chi connectivity index (χ0v) is 12.4. The molecule has 0 amide bonds. The van der Waals surface area contributed by atoms with E-state index in [2.05, 4.69) is 29.8 Å². The fraction of sp³-hybridized carbons (Fsp3) is 0.538. The summed E-state index contributed by atoms with van der Waals surface area (Å²) in [6.45, 7) is 6.57. The standard InChI is InChI=1S/C13H19N3S2/c1-9-10(2)18-7-6-16(9)8-11-4-3-5-15-12(11)13(14)17/h3-5,9-10H,6-8H2,1-2H3,(H2,14,17). The predicted molar refractivity (Wildman–Crippen MR) is 81.9 cm³/mol. The van der Waals surface area contributed by atoms with E-state index in [0.717, 1.165) is 24.3 Å². The number of rotatable bonds is 3. The SMILES string of the molecule is CC1SCCN(Cc2cccnc2C(N)=S)C1C. The Labute approximate surface area is 118 Å². The molecule has 2 N–H and O–H groups in total. The Morgan fingerprint density at radius 2 is 2.39 bits per heavy atom. The van der Waals surface area contributed by atoms with Crippen molar-refractivity contribution in [1.82, 2.24) is 9.88 Å². The van der Waals surface area contributed by atoms with Gasteiger partial charge in [0, 0.05) is 36.3 Å². The van der Waals surface area contributed by atoms with E-state index in [1.807, 2.05) is 17.8 Å². The van der Waals surface area contributed by atoms with Gasteiger partial charge in [0.15, 0.2) is 0 Å². The van der Waals surface area contributed by atoms with E-state index in [1.54, 1.807) is 6.20 Å². The van der Waals surface area contributed by atoms with Gasteiger partial charge in [-0.1, -0.05) is 25.2 Å². The maximum Gasteiger partial charge on any atom is 0.123 e. The second kappa shape index (κ2) is 5.99. The van der Waals surface area contributed by atoms with Gasteiger partial charge in [-0.05, 0) is 18.6 Å². The van der Waals surface area contributed by atoms with Gasteiger partial charge in [-0.15, -0.1) is 0 Å². The Bertz CT molecular complexity index is 436. The topological polar surface area (TPSA) is 42.2 Å². The largest absolute Gasteiger partial charge is 0.388 e.